The number of hydrogen-bond acceptors (Lipinski definition) is 2. The van der Waals surface area contributed by atoms with E-state index >= 15 is 0 Å². The minimum atomic E-state index is -0.0792. The first-order chi connectivity index (χ1) is 28.0. The summed E-state index contributed by atoms with van der Waals surface area (Å²) in [6.45, 7) is 4.71. The summed E-state index contributed by atoms with van der Waals surface area (Å²) in [6, 6.07) is 70.1. The van der Waals surface area contributed by atoms with Crippen LogP contribution < -0.4 is 0 Å². The minimum Gasteiger partial charge on any atom is -0.228 e. The average Bonchev–Trinajstić information content (AvgIpc) is 3.51. The molecule has 0 radical (unpaired) electrons. The smallest absolute Gasteiger partial charge is 0.161 e. The number of rotatable bonds is 5. The molecule has 1 aliphatic rings. The molecule has 0 unspecified atom stereocenters. The molecule has 0 bridgehead atoms. The molecule has 0 aliphatic heterocycles. The molecule has 2 heteroatoms. The lowest BCUT2D eigenvalue weighted by Crippen LogP contribution is -2.14. The third kappa shape index (κ3) is 5.33. The fourth-order valence-electron chi connectivity index (χ4n) is 9.30. The molecule has 0 amide bonds. The maximum Gasteiger partial charge on any atom is 0.161 e. The van der Waals surface area contributed by atoms with Crippen LogP contribution in [-0.2, 0) is 5.41 Å². The van der Waals surface area contributed by atoms with Gasteiger partial charge in [-0.15, -0.1) is 0 Å². The van der Waals surface area contributed by atoms with E-state index in [9.17, 15) is 0 Å². The van der Waals surface area contributed by atoms with Gasteiger partial charge >= 0.3 is 0 Å². The van der Waals surface area contributed by atoms with Gasteiger partial charge in [-0.05, 0) is 95.0 Å². The monoisotopic (exact) mass is 726 g/mol. The Hall–Kier alpha value is -7.16. The molecule has 0 saturated heterocycles. The van der Waals surface area contributed by atoms with E-state index in [0.717, 1.165) is 39.0 Å². The Kier molecular flexibility index (Phi) is 7.55. The third-order valence-electron chi connectivity index (χ3n) is 12.1. The molecule has 0 N–H and O–H groups in total. The summed E-state index contributed by atoms with van der Waals surface area (Å²) in [7, 11) is 0. The number of benzene rings is 9. The summed E-state index contributed by atoms with van der Waals surface area (Å²) < 4.78 is 0. The first-order valence-electron chi connectivity index (χ1n) is 19.7. The van der Waals surface area contributed by atoms with Crippen LogP contribution in [0.15, 0.2) is 194 Å². The molecule has 0 saturated carbocycles. The van der Waals surface area contributed by atoms with Gasteiger partial charge in [0.15, 0.2) is 5.82 Å². The van der Waals surface area contributed by atoms with Crippen LogP contribution in [0.2, 0.25) is 0 Å². The summed E-state index contributed by atoms with van der Waals surface area (Å²) in [5, 5.41) is 7.33. The maximum atomic E-state index is 5.42. The summed E-state index contributed by atoms with van der Waals surface area (Å²) in [5.74, 6) is 0.706. The van der Waals surface area contributed by atoms with E-state index in [1.54, 1.807) is 0 Å². The molecule has 10 aromatic rings. The zero-order chi connectivity index (χ0) is 38.1. The summed E-state index contributed by atoms with van der Waals surface area (Å²) >= 11 is 0. The summed E-state index contributed by atoms with van der Waals surface area (Å²) in [4.78, 5) is 10.7. The van der Waals surface area contributed by atoms with Crippen LogP contribution in [0, 0.1) is 0 Å². The molecule has 0 fully saturated rings. The molecular formula is C55H38N2. The Bertz CT molecular complexity index is 3210. The standard InChI is InChI=1S/C55H38N2/c1-55(2)49-31-28-38(33-48(49)53-41-21-9-7-16-36(41)27-32-50(53)55)40-29-30-47(45-24-11-10-22-42(40)45)54-56-51(37-17-4-3-5-18-37)34-52(57-54)46-25-13-12-23-44(46)43-26-14-19-35-15-6-8-20-39(35)43/h3-34H,1-2H3. The zero-order valence-corrected chi connectivity index (χ0v) is 31.9. The second-order valence-electron chi connectivity index (χ2n) is 15.7. The molecule has 0 spiro atoms. The van der Waals surface area contributed by atoms with Crippen LogP contribution >= 0.6 is 0 Å². The van der Waals surface area contributed by atoms with Crippen molar-refractivity contribution in [1.82, 2.24) is 9.97 Å². The molecule has 1 aromatic heterocycles. The molecule has 11 rings (SSSR count). The van der Waals surface area contributed by atoms with Gasteiger partial charge in [-0.3, -0.25) is 0 Å². The first-order valence-corrected chi connectivity index (χ1v) is 19.7. The highest BCUT2D eigenvalue weighted by Gasteiger charge is 2.36. The van der Waals surface area contributed by atoms with Gasteiger partial charge < -0.3 is 0 Å². The topological polar surface area (TPSA) is 25.8 Å². The second-order valence-corrected chi connectivity index (χ2v) is 15.7. The van der Waals surface area contributed by atoms with Gasteiger partial charge in [-0.2, -0.15) is 0 Å². The van der Waals surface area contributed by atoms with Crippen molar-refractivity contribution >= 4 is 32.3 Å². The Labute approximate surface area is 332 Å². The van der Waals surface area contributed by atoms with Crippen LogP contribution in [0.3, 0.4) is 0 Å². The SMILES string of the molecule is CC1(C)c2ccc(-c3ccc(-c4nc(-c5ccccc5)cc(-c5ccccc5-c5cccc6ccccc56)n4)c4ccccc34)cc2-c2c1ccc1ccccc21. The molecule has 9 aromatic carbocycles. The minimum absolute atomic E-state index is 0.0792. The zero-order valence-electron chi connectivity index (χ0n) is 31.9. The maximum absolute atomic E-state index is 5.42. The Morgan fingerprint density at radius 3 is 1.72 bits per heavy atom. The van der Waals surface area contributed by atoms with Crippen molar-refractivity contribution in [3.05, 3.63) is 205 Å². The molecule has 2 nitrogen and oxygen atoms in total. The highest BCUT2D eigenvalue weighted by atomic mass is 14.9. The lowest BCUT2D eigenvalue weighted by Gasteiger charge is -2.22. The summed E-state index contributed by atoms with van der Waals surface area (Å²) in [5.41, 5.74) is 15.0. The highest BCUT2D eigenvalue weighted by Crippen LogP contribution is 2.52. The summed E-state index contributed by atoms with van der Waals surface area (Å²) in [6.07, 6.45) is 0. The second kappa shape index (κ2) is 13.0. The van der Waals surface area contributed by atoms with E-state index in [2.05, 4.69) is 208 Å². The van der Waals surface area contributed by atoms with Crippen molar-refractivity contribution in [3.8, 4) is 67.3 Å². The van der Waals surface area contributed by atoms with Crippen molar-refractivity contribution in [2.75, 3.05) is 0 Å². The fourth-order valence-corrected chi connectivity index (χ4v) is 9.30. The predicted octanol–water partition coefficient (Wildman–Crippen LogP) is 14.6. The molecular weight excluding hydrogens is 689 g/mol. The number of fused-ring (bicyclic) bond motifs is 7. The lowest BCUT2D eigenvalue weighted by atomic mass is 9.81. The number of hydrogen-bond donors (Lipinski definition) is 0. The molecule has 1 heterocycles. The van der Waals surface area contributed by atoms with Crippen LogP contribution in [0.4, 0.5) is 0 Å². The van der Waals surface area contributed by atoms with E-state index in [1.807, 2.05) is 0 Å². The van der Waals surface area contributed by atoms with Gasteiger partial charge in [0, 0.05) is 22.1 Å². The van der Waals surface area contributed by atoms with E-state index in [4.69, 9.17) is 9.97 Å². The highest BCUT2D eigenvalue weighted by molar-refractivity contribution is 6.07. The van der Waals surface area contributed by atoms with Crippen LogP contribution in [-0.4, -0.2) is 9.97 Å². The largest absolute Gasteiger partial charge is 0.228 e. The Morgan fingerprint density at radius 2 is 0.912 bits per heavy atom. The van der Waals surface area contributed by atoms with Gasteiger partial charge in [0.1, 0.15) is 0 Å². The van der Waals surface area contributed by atoms with Gasteiger partial charge in [0.05, 0.1) is 11.4 Å². The molecule has 268 valence electrons. The Balaban J connectivity index is 1.10. The number of nitrogens with zero attached hydrogens (tertiary/aromatic N) is 2. The lowest BCUT2D eigenvalue weighted by molar-refractivity contribution is 0.661. The molecule has 57 heavy (non-hydrogen) atoms. The van der Waals surface area contributed by atoms with Crippen molar-refractivity contribution < 1.29 is 0 Å². The van der Waals surface area contributed by atoms with Crippen molar-refractivity contribution in [2.24, 2.45) is 0 Å². The van der Waals surface area contributed by atoms with Crippen LogP contribution in [0.25, 0.3) is 99.6 Å². The van der Waals surface area contributed by atoms with E-state index in [0.29, 0.717) is 5.82 Å². The van der Waals surface area contributed by atoms with Gasteiger partial charge in [0.2, 0.25) is 0 Å². The van der Waals surface area contributed by atoms with Gasteiger partial charge in [-0.1, -0.05) is 190 Å². The number of aromatic nitrogens is 2. The fraction of sp³-hybridized carbons (Fsp3) is 0.0545. The van der Waals surface area contributed by atoms with Gasteiger partial charge in [0.25, 0.3) is 0 Å². The quantitative estimate of drug-likeness (QED) is 0.176. The molecule has 1 aliphatic carbocycles. The first kappa shape index (κ1) is 33.2. The van der Waals surface area contributed by atoms with Gasteiger partial charge in [-0.25, -0.2) is 9.97 Å². The normalized spacial score (nSPS) is 12.9. The van der Waals surface area contributed by atoms with Crippen molar-refractivity contribution in [3.63, 3.8) is 0 Å². The van der Waals surface area contributed by atoms with E-state index < -0.39 is 0 Å². The van der Waals surface area contributed by atoms with Crippen molar-refractivity contribution in [1.29, 1.82) is 0 Å². The predicted molar refractivity (Wildman–Crippen MR) is 239 cm³/mol. The van der Waals surface area contributed by atoms with Crippen LogP contribution in [0.5, 0.6) is 0 Å². The van der Waals surface area contributed by atoms with Crippen LogP contribution in [0.1, 0.15) is 25.0 Å². The third-order valence-corrected chi connectivity index (χ3v) is 12.1. The average molecular weight is 727 g/mol. The molecule has 0 atom stereocenters. The van der Waals surface area contributed by atoms with E-state index in [-0.39, 0.29) is 5.41 Å². The van der Waals surface area contributed by atoms with Crippen molar-refractivity contribution in [2.45, 2.75) is 19.3 Å². The Morgan fingerprint density at radius 1 is 0.333 bits per heavy atom. The van der Waals surface area contributed by atoms with E-state index in [1.165, 1.54) is 65.9 Å².